The molecule has 0 aliphatic carbocycles. The van der Waals surface area contributed by atoms with Crippen LogP contribution < -0.4 is 10.2 Å². The summed E-state index contributed by atoms with van der Waals surface area (Å²) in [6.07, 6.45) is 2.78. The molecule has 3 aromatic rings. The zero-order chi connectivity index (χ0) is 20.2. The summed E-state index contributed by atoms with van der Waals surface area (Å²) in [7, 11) is 0. The zero-order valence-corrected chi connectivity index (χ0v) is 17.1. The van der Waals surface area contributed by atoms with Gasteiger partial charge in [-0.05, 0) is 31.5 Å². The quantitative estimate of drug-likeness (QED) is 0.674. The molecule has 152 valence electrons. The van der Waals surface area contributed by atoms with Gasteiger partial charge in [0.15, 0.2) is 0 Å². The van der Waals surface area contributed by atoms with Crippen molar-refractivity contribution in [2.75, 3.05) is 44.2 Å². The van der Waals surface area contributed by atoms with Gasteiger partial charge in [-0.2, -0.15) is 0 Å². The lowest BCUT2D eigenvalue weighted by atomic mass is 10.1. The van der Waals surface area contributed by atoms with Crippen molar-refractivity contribution in [2.24, 2.45) is 0 Å². The van der Waals surface area contributed by atoms with Crippen molar-refractivity contribution < 1.29 is 4.79 Å². The summed E-state index contributed by atoms with van der Waals surface area (Å²) in [6, 6.07) is 10.0. The molecular weight excluding hydrogens is 364 g/mol. The highest BCUT2D eigenvalue weighted by molar-refractivity contribution is 5.93. The number of para-hydroxylation sites is 1. The molecule has 2 aromatic heterocycles. The first-order valence-corrected chi connectivity index (χ1v) is 10.3. The fourth-order valence-electron chi connectivity index (χ4n) is 3.86. The molecule has 0 bridgehead atoms. The molecular formula is C22H28N6O. The van der Waals surface area contributed by atoms with Crippen LogP contribution in [0.15, 0.2) is 36.5 Å². The third-order valence-corrected chi connectivity index (χ3v) is 5.56. The molecule has 0 radical (unpaired) electrons. The minimum absolute atomic E-state index is 0.149. The molecule has 0 atom stereocenters. The molecule has 0 saturated carbocycles. The molecule has 1 aromatic carbocycles. The first kappa shape index (κ1) is 19.4. The van der Waals surface area contributed by atoms with Gasteiger partial charge in [0.25, 0.3) is 5.91 Å². The standard InChI is InChI=1S/C22H28N6O/c1-3-27-10-12-28(13-11-27)21-14-20(25-16(2)26-21)22(29)23-9-8-17-15-24-19-7-5-4-6-18(17)19/h4-7,14-15,24H,3,8-13H2,1-2H3,(H,23,29). The first-order valence-electron chi connectivity index (χ1n) is 10.3. The third kappa shape index (κ3) is 4.40. The van der Waals surface area contributed by atoms with E-state index in [0.29, 0.717) is 18.1 Å². The van der Waals surface area contributed by atoms with Crippen LogP contribution in [0.4, 0.5) is 5.82 Å². The van der Waals surface area contributed by atoms with E-state index in [0.717, 1.165) is 50.5 Å². The number of rotatable bonds is 6. The van der Waals surface area contributed by atoms with E-state index in [1.165, 1.54) is 10.9 Å². The van der Waals surface area contributed by atoms with Gasteiger partial charge in [0, 0.05) is 55.9 Å². The van der Waals surface area contributed by atoms with Crippen LogP contribution in [-0.4, -0.2) is 65.0 Å². The second kappa shape index (κ2) is 8.61. The van der Waals surface area contributed by atoms with Gasteiger partial charge in [0.05, 0.1) is 0 Å². The highest BCUT2D eigenvalue weighted by atomic mass is 16.1. The third-order valence-electron chi connectivity index (χ3n) is 5.56. The lowest BCUT2D eigenvalue weighted by molar-refractivity contribution is 0.0948. The van der Waals surface area contributed by atoms with Gasteiger partial charge >= 0.3 is 0 Å². The van der Waals surface area contributed by atoms with Crippen molar-refractivity contribution in [1.29, 1.82) is 0 Å². The molecule has 1 aliphatic rings. The van der Waals surface area contributed by atoms with Gasteiger partial charge in [-0.3, -0.25) is 4.79 Å². The number of likely N-dealkylation sites (N-methyl/N-ethyl adjacent to an activating group) is 1. The summed E-state index contributed by atoms with van der Waals surface area (Å²) in [5.41, 5.74) is 2.76. The molecule has 7 nitrogen and oxygen atoms in total. The van der Waals surface area contributed by atoms with Gasteiger partial charge in [-0.1, -0.05) is 25.1 Å². The largest absolute Gasteiger partial charge is 0.361 e. The maximum absolute atomic E-state index is 12.7. The normalized spacial score (nSPS) is 15.0. The Morgan fingerprint density at radius 1 is 1.17 bits per heavy atom. The number of hydrogen-bond donors (Lipinski definition) is 2. The van der Waals surface area contributed by atoms with E-state index in [1.54, 1.807) is 0 Å². The SMILES string of the molecule is CCN1CCN(c2cc(C(=O)NCCc3c[nH]c4ccccc34)nc(C)n2)CC1. The molecule has 29 heavy (non-hydrogen) atoms. The number of hydrogen-bond acceptors (Lipinski definition) is 5. The van der Waals surface area contributed by atoms with Crippen LogP contribution in [0, 0.1) is 6.92 Å². The summed E-state index contributed by atoms with van der Waals surface area (Å²) in [6.45, 7) is 9.54. The van der Waals surface area contributed by atoms with E-state index < -0.39 is 0 Å². The van der Waals surface area contributed by atoms with Crippen LogP contribution in [0.1, 0.15) is 28.8 Å². The number of amides is 1. The maximum atomic E-state index is 12.7. The molecule has 0 unspecified atom stereocenters. The van der Waals surface area contributed by atoms with Crippen LogP contribution >= 0.6 is 0 Å². The van der Waals surface area contributed by atoms with Crippen LogP contribution in [0.3, 0.4) is 0 Å². The van der Waals surface area contributed by atoms with E-state index >= 15 is 0 Å². The summed E-state index contributed by atoms with van der Waals surface area (Å²) in [5, 5.41) is 4.21. The number of carbonyl (C=O) groups excluding carboxylic acids is 1. The predicted molar refractivity (Wildman–Crippen MR) is 115 cm³/mol. The second-order valence-electron chi connectivity index (χ2n) is 7.45. The van der Waals surface area contributed by atoms with E-state index in [9.17, 15) is 4.79 Å². The number of nitrogens with zero attached hydrogens (tertiary/aromatic N) is 4. The van der Waals surface area contributed by atoms with Crippen molar-refractivity contribution in [3.8, 4) is 0 Å². The highest BCUT2D eigenvalue weighted by Crippen LogP contribution is 2.18. The molecule has 4 rings (SSSR count). The Labute approximate surface area is 171 Å². The molecule has 7 heteroatoms. The number of carbonyl (C=O) groups is 1. The summed E-state index contributed by atoms with van der Waals surface area (Å²) < 4.78 is 0. The average molecular weight is 393 g/mol. The summed E-state index contributed by atoms with van der Waals surface area (Å²) in [4.78, 5) is 29.5. The van der Waals surface area contributed by atoms with E-state index in [1.807, 2.05) is 31.3 Å². The van der Waals surface area contributed by atoms with Gasteiger partial charge in [0.1, 0.15) is 17.3 Å². The minimum Gasteiger partial charge on any atom is -0.361 e. The number of nitrogens with one attached hydrogen (secondary N) is 2. The number of piperazine rings is 1. The monoisotopic (exact) mass is 392 g/mol. The van der Waals surface area contributed by atoms with E-state index in [-0.39, 0.29) is 5.91 Å². The number of anilines is 1. The van der Waals surface area contributed by atoms with Crippen molar-refractivity contribution >= 4 is 22.6 Å². The lowest BCUT2D eigenvalue weighted by Crippen LogP contribution is -2.46. The fraction of sp³-hybridized carbons (Fsp3) is 0.409. The Morgan fingerprint density at radius 2 is 1.97 bits per heavy atom. The maximum Gasteiger partial charge on any atom is 0.270 e. The highest BCUT2D eigenvalue weighted by Gasteiger charge is 2.19. The molecule has 0 spiro atoms. The number of aromatic amines is 1. The van der Waals surface area contributed by atoms with Crippen molar-refractivity contribution in [3.63, 3.8) is 0 Å². The molecule has 1 aliphatic heterocycles. The zero-order valence-electron chi connectivity index (χ0n) is 17.1. The van der Waals surface area contributed by atoms with Crippen LogP contribution in [0.25, 0.3) is 10.9 Å². The molecule has 3 heterocycles. The molecule has 2 N–H and O–H groups in total. The second-order valence-corrected chi connectivity index (χ2v) is 7.45. The van der Waals surface area contributed by atoms with Crippen LogP contribution in [0.5, 0.6) is 0 Å². The molecule has 1 saturated heterocycles. The number of fused-ring (bicyclic) bond motifs is 1. The number of aromatic nitrogens is 3. The van der Waals surface area contributed by atoms with Gasteiger partial charge < -0.3 is 20.1 Å². The van der Waals surface area contributed by atoms with Crippen molar-refractivity contribution in [3.05, 3.63) is 53.6 Å². The predicted octanol–water partition coefficient (Wildman–Crippen LogP) is 2.38. The van der Waals surface area contributed by atoms with Crippen molar-refractivity contribution in [2.45, 2.75) is 20.3 Å². The lowest BCUT2D eigenvalue weighted by Gasteiger charge is -2.34. The van der Waals surface area contributed by atoms with Crippen LogP contribution in [-0.2, 0) is 6.42 Å². The number of H-pyrrole nitrogens is 1. The summed E-state index contributed by atoms with van der Waals surface area (Å²) in [5.74, 6) is 1.32. The Morgan fingerprint density at radius 3 is 2.76 bits per heavy atom. The first-order chi connectivity index (χ1) is 14.1. The topological polar surface area (TPSA) is 77.1 Å². The van der Waals surface area contributed by atoms with E-state index in [4.69, 9.17) is 0 Å². The summed E-state index contributed by atoms with van der Waals surface area (Å²) >= 11 is 0. The molecule has 1 fully saturated rings. The smallest absolute Gasteiger partial charge is 0.270 e. The van der Waals surface area contributed by atoms with Gasteiger partial charge in [0.2, 0.25) is 0 Å². The Hall–Kier alpha value is -2.93. The fourth-order valence-corrected chi connectivity index (χ4v) is 3.86. The van der Waals surface area contributed by atoms with Gasteiger partial charge in [-0.25, -0.2) is 9.97 Å². The Balaban J connectivity index is 1.39. The minimum atomic E-state index is -0.149. The van der Waals surface area contributed by atoms with E-state index in [2.05, 4.69) is 49.1 Å². The average Bonchev–Trinajstić information content (AvgIpc) is 3.16. The number of benzene rings is 1. The molecule has 1 amide bonds. The van der Waals surface area contributed by atoms with Crippen molar-refractivity contribution in [1.82, 2.24) is 25.2 Å². The Kier molecular flexibility index (Phi) is 5.76. The van der Waals surface area contributed by atoms with Crippen LogP contribution in [0.2, 0.25) is 0 Å². The number of aryl methyl sites for hydroxylation is 1. The Bertz CT molecular complexity index is 990. The van der Waals surface area contributed by atoms with Gasteiger partial charge in [-0.15, -0.1) is 0 Å².